The molecule has 13 heteroatoms. The van der Waals surface area contributed by atoms with Crippen molar-refractivity contribution in [1.29, 1.82) is 0 Å². The standard InChI is InChI=1S/C32H33F2N3O7Si/c1-45(2,3)21-26(38)35-25-18-19-37(31(41)36-25)30-32(33,34)29(44-28(40)17-15-23-12-8-5-9-13-23)24(43-30)20-42-27(39)16-14-22-10-6-4-7-11-22/h4-19,24,29-30H,20-21H2,1-3H3,(H,35,36,38,41)/b16-14+,17-15+/t24-,29?,30-/m1/s1. The monoisotopic (exact) mass is 637 g/mol. The summed E-state index contributed by atoms with van der Waals surface area (Å²) in [6.45, 7) is 5.26. The van der Waals surface area contributed by atoms with Crippen LogP contribution in [0, 0.1) is 0 Å². The summed E-state index contributed by atoms with van der Waals surface area (Å²) >= 11 is 0. The van der Waals surface area contributed by atoms with E-state index < -0.39 is 56.7 Å². The number of rotatable bonds is 11. The van der Waals surface area contributed by atoms with Gasteiger partial charge in [0.25, 0.3) is 0 Å². The number of ether oxygens (including phenoxy) is 3. The fourth-order valence-electron chi connectivity index (χ4n) is 4.41. The zero-order chi connectivity index (χ0) is 32.6. The van der Waals surface area contributed by atoms with Gasteiger partial charge in [0.05, 0.1) is 8.07 Å². The maximum Gasteiger partial charge on any atom is 0.351 e. The third-order valence-corrected chi connectivity index (χ3v) is 7.83. The molecule has 3 atom stereocenters. The summed E-state index contributed by atoms with van der Waals surface area (Å²) in [5.74, 6) is -6.36. The van der Waals surface area contributed by atoms with E-state index in [1.165, 1.54) is 18.2 Å². The van der Waals surface area contributed by atoms with Crippen LogP contribution in [0.3, 0.4) is 0 Å². The number of alkyl halides is 2. The Bertz CT molecular complexity index is 1620. The maximum atomic E-state index is 15.9. The van der Waals surface area contributed by atoms with Crippen LogP contribution in [0.15, 0.2) is 89.9 Å². The normalized spacial score (nSPS) is 19.4. The molecule has 1 fully saturated rings. The molecule has 10 nitrogen and oxygen atoms in total. The number of aromatic nitrogens is 2. The van der Waals surface area contributed by atoms with E-state index >= 15 is 8.78 Å². The molecule has 0 aliphatic carbocycles. The number of carbonyl (C=O) groups excluding carboxylic acids is 3. The highest BCUT2D eigenvalue weighted by molar-refractivity contribution is 6.79. The summed E-state index contributed by atoms with van der Waals surface area (Å²) in [5, 5.41) is 2.51. The SMILES string of the molecule is C[Si](C)(C)CC(=O)Nc1ccn([C@@H]2O[C@H](COC(=O)/C=C/c3ccccc3)C(OC(=O)/C=C/c3ccccc3)C2(F)F)c(=O)n1. The molecule has 0 spiro atoms. The number of halogens is 2. The lowest BCUT2D eigenvalue weighted by molar-refractivity contribution is -0.172. The molecule has 0 saturated carbocycles. The van der Waals surface area contributed by atoms with Crippen molar-refractivity contribution in [3.63, 3.8) is 0 Å². The van der Waals surface area contributed by atoms with Crippen LogP contribution in [0.25, 0.3) is 12.2 Å². The molecule has 236 valence electrons. The molecule has 1 aromatic heterocycles. The van der Waals surface area contributed by atoms with Gasteiger partial charge >= 0.3 is 23.6 Å². The van der Waals surface area contributed by atoms with Gasteiger partial charge in [-0.3, -0.25) is 9.36 Å². The molecule has 0 radical (unpaired) electrons. The fourth-order valence-corrected chi connectivity index (χ4v) is 5.46. The van der Waals surface area contributed by atoms with E-state index in [1.54, 1.807) is 60.7 Å². The molecular weight excluding hydrogens is 604 g/mol. The second kappa shape index (κ2) is 14.4. The van der Waals surface area contributed by atoms with Crippen LogP contribution in [0.5, 0.6) is 0 Å². The highest BCUT2D eigenvalue weighted by atomic mass is 28.3. The number of hydrogen-bond acceptors (Lipinski definition) is 8. The van der Waals surface area contributed by atoms with E-state index in [1.807, 2.05) is 19.6 Å². The Hall–Kier alpha value is -4.75. The second-order valence-corrected chi connectivity index (χ2v) is 16.9. The minimum absolute atomic E-state index is 0.106. The molecular formula is C32H33F2N3O7Si. The number of nitrogens with one attached hydrogen (secondary N) is 1. The highest BCUT2D eigenvalue weighted by Crippen LogP contribution is 2.44. The summed E-state index contributed by atoms with van der Waals surface area (Å²) in [7, 11) is -1.76. The zero-order valence-electron chi connectivity index (χ0n) is 24.9. The Balaban J connectivity index is 1.53. The van der Waals surface area contributed by atoms with E-state index in [0.717, 1.165) is 18.3 Å². The number of anilines is 1. The van der Waals surface area contributed by atoms with Crippen molar-refractivity contribution in [1.82, 2.24) is 9.55 Å². The van der Waals surface area contributed by atoms with Crippen LogP contribution in [-0.2, 0) is 28.6 Å². The van der Waals surface area contributed by atoms with Crippen molar-refractivity contribution < 1.29 is 37.4 Å². The van der Waals surface area contributed by atoms with Crippen LogP contribution >= 0.6 is 0 Å². The molecule has 2 aromatic carbocycles. The van der Waals surface area contributed by atoms with Crippen LogP contribution in [0.1, 0.15) is 17.4 Å². The average molecular weight is 638 g/mol. The molecule has 1 saturated heterocycles. The predicted molar refractivity (Wildman–Crippen MR) is 166 cm³/mol. The van der Waals surface area contributed by atoms with E-state index in [9.17, 15) is 19.2 Å². The first-order valence-corrected chi connectivity index (χ1v) is 17.8. The Morgan fingerprint density at radius 2 is 1.53 bits per heavy atom. The number of benzene rings is 2. The Labute approximate surface area is 259 Å². The molecule has 1 aliphatic heterocycles. The third-order valence-electron chi connectivity index (χ3n) is 6.45. The third kappa shape index (κ3) is 9.37. The van der Waals surface area contributed by atoms with Crippen molar-refractivity contribution in [2.24, 2.45) is 0 Å². The molecule has 1 unspecified atom stereocenters. The maximum absolute atomic E-state index is 15.9. The molecule has 45 heavy (non-hydrogen) atoms. The first-order valence-electron chi connectivity index (χ1n) is 14.1. The zero-order valence-corrected chi connectivity index (χ0v) is 25.9. The van der Waals surface area contributed by atoms with Crippen molar-refractivity contribution in [3.05, 3.63) is 107 Å². The van der Waals surface area contributed by atoms with Gasteiger partial charge in [-0.25, -0.2) is 14.4 Å². The lowest BCUT2D eigenvalue weighted by atomic mass is 10.1. The minimum atomic E-state index is -3.96. The number of carbonyl (C=O) groups is 3. The second-order valence-electron chi connectivity index (χ2n) is 11.5. The molecule has 0 bridgehead atoms. The Morgan fingerprint density at radius 3 is 2.09 bits per heavy atom. The lowest BCUT2D eigenvalue weighted by Crippen LogP contribution is -2.44. The van der Waals surface area contributed by atoms with Crippen molar-refractivity contribution in [2.45, 2.75) is 50.0 Å². The van der Waals surface area contributed by atoms with E-state index in [0.29, 0.717) is 15.7 Å². The molecule has 1 amide bonds. The fraction of sp³-hybridized carbons (Fsp3) is 0.281. The summed E-state index contributed by atoms with van der Waals surface area (Å²) < 4.78 is 48.1. The number of amides is 1. The summed E-state index contributed by atoms with van der Waals surface area (Å²) in [6, 6.07) is 19.0. The van der Waals surface area contributed by atoms with Crippen LogP contribution in [-0.4, -0.2) is 60.2 Å². The van der Waals surface area contributed by atoms with Crippen molar-refractivity contribution in [2.75, 3.05) is 11.9 Å². The van der Waals surface area contributed by atoms with E-state index in [-0.39, 0.29) is 17.8 Å². The van der Waals surface area contributed by atoms with Gasteiger partial charge in [0.1, 0.15) is 18.5 Å². The molecule has 3 aromatic rings. The minimum Gasteiger partial charge on any atom is -0.460 e. The smallest absolute Gasteiger partial charge is 0.351 e. The van der Waals surface area contributed by atoms with E-state index in [2.05, 4.69) is 10.3 Å². The predicted octanol–water partition coefficient (Wildman–Crippen LogP) is 4.93. The van der Waals surface area contributed by atoms with Crippen LogP contribution in [0.2, 0.25) is 25.7 Å². The van der Waals surface area contributed by atoms with Gasteiger partial charge in [-0.15, -0.1) is 0 Å². The number of hydrogen-bond donors (Lipinski definition) is 1. The summed E-state index contributed by atoms with van der Waals surface area (Å²) in [6.07, 6.45) is -0.159. The van der Waals surface area contributed by atoms with Crippen molar-refractivity contribution >= 4 is 43.9 Å². The summed E-state index contributed by atoms with van der Waals surface area (Å²) in [4.78, 5) is 53.9. The van der Waals surface area contributed by atoms with Gasteiger partial charge < -0.3 is 19.5 Å². The highest BCUT2D eigenvalue weighted by Gasteiger charge is 2.62. The molecule has 1 aliphatic rings. The number of nitrogens with zero attached hydrogens (tertiary/aromatic N) is 2. The van der Waals surface area contributed by atoms with Gasteiger partial charge in [-0.05, 0) is 29.3 Å². The van der Waals surface area contributed by atoms with Gasteiger partial charge in [0.2, 0.25) is 12.1 Å². The van der Waals surface area contributed by atoms with Crippen molar-refractivity contribution in [3.8, 4) is 0 Å². The topological polar surface area (TPSA) is 126 Å². The largest absolute Gasteiger partial charge is 0.460 e. The molecule has 2 heterocycles. The summed E-state index contributed by atoms with van der Waals surface area (Å²) in [5.41, 5.74) is 0.206. The van der Waals surface area contributed by atoms with Gasteiger partial charge in [-0.1, -0.05) is 80.3 Å². The average Bonchev–Trinajstić information content (AvgIpc) is 3.22. The van der Waals surface area contributed by atoms with Gasteiger partial charge in [0, 0.05) is 24.4 Å². The Morgan fingerprint density at radius 1 is 0.956 bits per heavy atom. The van der Waals surface area contributed by atoms with Gasteiger partial charge in [0.15, 0.2) is 6.10 Å². The van der Waals surface area contributed by atoms with Crippen LogP contribution < -0.4 is 11.0 Å². The quantitative estimate of drug-likeness (QED) is 0.178. The van der Waals surface area contributed by atoms with Crippen LogP contribution in [0.4, 0.5) is 14.6 Å². The Kier molecular flexibility index (Phi) is 10.6. The first-order chi connectivity index (χ1) is 21.3. The lowest BCUT2D eigenvalue weighted by Gasteiger charge is -2.23. The molecule has 1 N–H and O–H groups in total. The first kappa shape index (κ1) is 33.1. The number of esters is 2. The van der Waals surface area contributed by atoms with Gasteiger partial charge in [-0.2, -0.15) is 13.8 Å². The van der Waals surface area contributed by atoms with E-state index in [4.69, 9.17) is 14.2 Å². The molecule has 4 rings (SSSR count).